The average Bonchev–Trinajstić information content (AvgIpc) is 3.24. The van der Waals surface area contributed by atoms with Crippen molar-refractivity contribution in [1.29, 1.82) is 0 Å². The summed E-state index contributed by atoms with van der Waals surface area (Å²) in [5.74, 6) is 1.50. The molecule has 7 heteroatoms. The second kappa shape index (κ2) is 11.2. The molecule has 1 aliphatic heterocycles. The third kappa shape index (κ3) is 6.92. The Morgan fingerprint density at radius 1 is 1.28 bits per heavy atom. The van der Waals surface area contributed by atoms with Gasteiger partial charge in [0.2, 0.25) is 5.91 Å². The molecule has 0 aromatic rings. The maximum Gasteiger partial charge on any atom is 0.225 e. The molecular formula is C18H36IN5O. The van der Waals surface area contributed by atoms with E-state index in [9.17, 15) is 4.79 Å². The number of carbonyl (C=O) groups excluding carboxylic acids is 1. The number of likely N-dealkylation sites (tertiary alicyclic amines) is 1. The first-order valence-electron chi connectivity index (χ1n) is 9.47. The van der Waals surface area contributed by atoms with Gasteiger partial charge in [0.1, 0.15) is 0 Å². The summed E-state index contributed by atoms with van der Waals surface area (Å²) in [6.07, 6.45) is 5.60. The number of hydrogen-bond donors (Lipinski definition) is 2. The van der Waals surface area contributed by atoms with Crippen molar-refractivity contribution in [1.82, 2.24) is 20.4 Å². The summed E-state index contributed by atoms with van der Waals surface area (Å²) < 4.78 is 0. The average molecular weight is 465 g/mol. The van der Waals surface area contributed by atoms with Crippen molar-refractivity contribution in [2.75, 3.05) is 40.3 Å². The molecule has 1 saturated carbocycles. The van der Waals surface area contributed by atoms with E-state index in [1.54, 1.807) is 7.05 Å². The molecule has 2 aliphatic rings. The molecule has 2 fully saturated rings. The number of amides is 1. The number of hydrogen-bond acceptors (Lipinski definition) is 3. The van der Waals surface area contributed by atoms with E-state index in [1.807, 2.05) is 4.90 Å². The fourth-order valence-corrected chi connectivity index (χ4v) is 3.51. The first-order valence-corrected chi connectivity index (χ1v) is 9.47. The lowest BCUT2D eigenvalue weighted by Crippen LogP contribution is -2.47. The molecule has 2 N–H and O–H groups in total. The Morgan fingerprint density at radius 3 is 2.56 bits per heavy atom. The summed E-state index contributed by atoms with van der Waals surface area (Å²) in [6, 6.07) is 0.858. The highest BCUT2D eigenvalue weighted by Crippen LogP contribution is 2.27. The Labute approximate surface area is 170 Å². The molecule has 0 radical (unpaired) electrons. The Balaban J connectivity index is 0.00000312. The zero-order valence-electron chi connectivity index (χ0n) is 16.3. The summed E-state index contributed by atoms with van der Waals surface area (Å²) in [7, 11) is 3.93. The normalized spacial score (nSPS) is 21.8. The minimum absolute atomic E-state index is 0. The monoisotopic (exact) mass is 465 g/mol. The molecule has 1 heterocycles. The summed E-state index contributed by atoms with van der Waals surface area (Å²) in [5, 5.41) is 6.85. The Hall–Kier alpha value is -0.570. The summed E-state index contributed by atoms with van der Waals surface area (Å²) in [4.78, 5) is 21.2. The smallest absolute Gasteiger partial charge is 0.225 e. The molecule has 0 aromatic carbocycles. The Kier molecular flexibility index (Phi) is 10.1. The van der Waals surface area contributed by atoms with Gasteiger partial charge >= 0.3 is 0 Å². The van der Waals surface area contributed by atoms with E-state index < -0.39 is 0 Å². The van der Waals surface area contributed by atoms with Gasteiger partial charge in [0.05, 0.1) is 0 Å². The van der Waals surface area contributed by atoms with Crippen LogP contribution >= 0.6 is 24.0 Å². The number of rotatable bonds is 6. The van der Waals surface area contributed by atoms with Gasteiger partial charge in [-0.1, -0.05) is 12.8 Å². The van der Waals surface area contributed by atoms with E-state index in [1.165, 1.54) is 12.8 Å². The van der Waals surface area contributed by atoms with Crippen LogP contribution in [0.3, 0.4) is 0 Å². The summed E-state index contributed by atoms with van der Waals surface area (Å²) in [6.45, 7) is 7.92. The molecule has 0 spiro atoms. The van der Waals surface area contributed by atoms with Crippen molar-refractivity contribution in [2.45, 2.75) is 58.0 Å². The number of guanidine groups is 1. The Bertz CT molecular complexity index is 437. The minimum Gasteiger partial charge on any atom is -0.355 e. The lowest BCUT2D eigenvalue weighted by Gasteiger charge is -2.23. The Morgan fingerprint density at radius 2 is 1.96 bits per heavy atom. The van der Waals surface area contributed by atoms with Crippen LogP contribution in [-0.2, 0) is 4.79 Å². The molecule has 0 bridgehead atoms. The summed E-state index contributed by atoms with van der Waals surface area (Å²) in [5.41, 5.74) is 0. The standard InChI is InChI=1S/C18H35N5O.HI/c1-14(2)22(4)12-10-20-18(19-3)21-16-9-11-23(13-16)17(24)15-7-5-6-8-15;/h14-16H,5-13H2,1-4H3,(H2,19,20,21);1H. The largest absolute Gasteiger partial charge is 0.355 e. The fourth-order valence-electron chi connectivity index (χ4n) is 3.51. The molecule has 146 valence electrons. The van der Waals surface area contributed by atoms with E-state index in [2.05, 4.69) is 41.4 Å². The number of carbonyl (C=O) groups is 1. The van der Waals surface area contributed by atoms with Crippen molar-refractivity contribution in [3.63, 3.8) is 0 Å². The highest BCUT2D eigenvalue weighted by atomic mass is 127. The van der Waals surface area contributed by atoms with Crippen LogP contribution in [0.4, 0.5) is 0 Å². The fraction of sp³-hybridized carbons (Fsp3) is 0.889. The van der Waals surface area contributed by atoms with Gasteiger partial charge in [0.15, 0.2) is 5.96 Å². The third-order valence-electron chi connectivity index (χ3n) is 5.41. The van der Waals surface area contributed by atoms with Crippen LogP contribution in [0.1, 0.15) is 46.0 Å². The number of nitrogens with one attached hydrogen (secondary N) is 2. The maximum atomic E-state index is 12.5. The number of halogens is 1. The number of likely N-dealkylation sites (N-methyl/N-ethyl adjacent to an activating group) is 1. The van der Waals surface area contributed by atoms with Crippen LogP contribution < -0.4 is 10.6 Å². The first-order chi connectivity index (χ1) is 11.5. The molecule has 0 aromatic heterocycles. The highest BCUT2D eigenvalue weighted by molar-refractivity contribution is 14.0. The second-order valence-electron chi connectivity index (χ2n) is 7.47. The third-order valence-corrected chi connectivity index (χ3v) is 5.41. The SMILES string of the molecule is CN=C(NCCN(C)C(C)C)NC1CCN(C(=O)C2CCCC2)C1.I. The second-order valence-corrected chi connectivity index (χ2v) is 7.47. The topological polar surface area (TPSA) is 60.0 Å². The molecule has 1 aliphatic carbocycles. The van der Waals surface area contributed by atoms with Crippen molar-refractivity contribution < 1.29 is 4.79 Å². The van der Waals surface area contributed by atoms with Gasteiger partial charge in [-0.3, -0.25) is 9.79 Å². The minimum atomic E-state index is 0. The lowest BCUT2D eigenvalue weighted by molar-refractivity contribution is -0.134. The predicted molar refractivity (Wildman–Crippen MR) is 115 cm³/mol. The van der Waals surface area contributed by atoms with E-state index in [0.717, 1.165) is 51.4 Å². The van der Waals surface area contributed by atoms with Crippen molar-refractivity contribution in [2.24, 2.45) is 10.9 Å². The number of aliphatic imine (C=N–C) groups is 1. The predicted octanol–water partition coefficient (Wildman–Crippen LogP) is 1.90. The van der Waals surface area contributed by atoms with Crippen LogP contribution in [-0.4, -0.2) is 74.0 Å². The quantitative estimate of drug-likeness (QED) is 0.358. The van der Waals surface area contributed by atoms with Crippen LogP contribution in [0.2, 0.25) is 0 Å². The van der Waals surface area contributed by atoms with E-state index >= 15 is 0 Å². The number of nitrogens with zero attached hydrogens (tertiary/aromatic N) is 3. The highest BCUT2D eigenvalue weighted by Gasteiger charge is 2.32. The molecule has 1 unspecified atom stereocenters. The van der Waals surface area contributed by atoms with Crippen LogP contribution in [0.15, 0.2) is 4.99 Å². The van der Waals surface area contributed by atoms with Gasteiger partial charge in [-0.2, -0.15) is 0 Å². The van der Waals surface area contributed by atoms with Crippen molar-refractivity contribution in [3.05, 3.63) is 0 Å². The van der Waals surface area contributed by atoms with Crippen LogP contribution in [0.25, 0.3) is 0 Å². The first kappa shape index (κ1) is 22.5. The van der Waals surface area contributed by atoms with Crippen molar-refractivity contribution in [3.8, 4) is 0 Å². The van der Waals surface area contributed by atoms with Gasteiger partial charge in [-0.05, 0) is 40.2 Å². The van der Waals surface area contributed by atoms with Gasteiger partial charge < -0.3 is 20.4 Å². The molecule has 1 amide bonds. The van der Waals surface area contributed by atoms with E-state index in [0.29, 0.717) is 18.0 Å². The molecule has 1 saturated heterocycles. The van der Waals surface area contributed by atoms with Gasteiger partial charge in [0.25, 0.3) is 0 Å². The van der Waals surface area contributed by atoms with Gasteiger partial charge in [-0.25, -0.2) is 0 Å². The maximum absolute atomic E-state index is 12.5. The summed E-state index contributed by atoms with van der Waals surface area (Å²) >= 11 is 0. The molecular weight excluding hydrogens is 429 g/mol. The van der Waals surface area contributed by atoms with Crippen molar-refractivity contribution >= 4 is 35.8 Å². The van der Waals surface area contributed by atoms with Crippen LogP contribution in [0.5, 0.6) is 0 Å². The molecule has 1 atom stereocenters. The lowest BCUT2D eigenvalue weighted by atomic mass is 10.1. The van der Waals surface area contributed by atoms with E-state index in [-0.39, 0.29) is 29.9 Å². The van der Waals surface area contributed by atoms with Gasteiger partial charge in [0, 0.05) is 51.2 Å². The molecule has 25 heavy (non-hydrogen) atoms. The zero-order valence-corrected chi connectivity index (χ0v) is 18.6. The van der Waals surface area contributed by atoms with Crippen LogP contribution in [0, 0.1) is 5.92 Å². The van der Waals surface area contributed by atoms with E-state index in [4.69, 9.17) is 0 Å². The molecule has 6 nitrogen and oxygen atoms in total. The van der Waals surface area contributed by atoms with Gasteiger partial charge in [-0.15, -0.1) is 24.0 Å². The molecule has 2 rings (SSSR count). The zero-order chi connectivity index (χ0) is 17.5.